The second-order valence-electron chi connectivity index (χ2n) is 9.13. The smallest absolute Gasteiger partial charge is 0.408 e. The van der Waals surface area contributed by atoms with Crippen LogP contribution in [-0.2, 0) is 35.1 Å². The fraction of sp³-hybridized carbons (Fsp3) is 0.522. The van der Waals surface area contributed by atoms with Crippen molar-refractivity contribution >= 4 is 29.8 Å². The van der Waals surface area contributed by atoms with E-state index in [0.29, 0.717) is 5.56 Å². The molecule has 12 nitrogen and oxygen atoms in total. The number of alkyl halides is 3. The van der Waals surface area contributed by atoms with Gasteiger partial charge in [-0.2, -0.15) is 13.2 Å². The largest absolute Gasteiger partial charge is 0.467 e. The van der Waals surface area contributed by atoms with E-state index in [2.05, 4.69) is 15.4 Å². The minimum atomic E-state index is -5.03. The van der Waals surface area contributed by atoms with E-state index >= 15 is 0 Å². The molecule has 0 fully saturated rings. The fourth-order valence-electron chi connectivity index (χ4n) is 2.98. The molecule has 1 aromatic rings. The third-order valence-electron chi connectivity index (χ3n) is 4.67. The molecule has 1 rings (SSSR count). The van der Waals surface area contributed by atoms with Crippen molar-refractivity contribution in [3.63, 3.8) is 0 Å². The van der Waals surface area contributed by atoms with Gasteiger partial charge in [-0.15, -0.1) is 0 Å². The quantitative estimate of drug-likeness (QED) is 0.186. The Morgan fingerprint density at radius 1 is 0.947 bits per heavy atom. The van der Waals surface area contributed by atoms with Crippen LogP contribution in [0.3, 0.4) is 0 Å². The van der Waals surface area contributed by atoms with Crippen molar-refractivity contribution in [1.82, 2.24) is 21.5 Å². The summed E-state index contributed by atoms with van der Waals surface area (Å²) in [7, 11) is 1.07. The Hall–Kier alpha value is -3.88. The van der Waals surface area contributed by atoms with Gasteiger partial charge in [0.05, 0.1) is 20.0 Å². The first-order chi connectivity index (χ1) is 17.5. The first-order valence-electron chi connectivity index (χ1n) is 11.3. The lowest BCUT2D eigenvalue weighted by molar-refractivity contribution is -0.165. The third-order valence-corrected chi connectivity index (χ3v) is 4.67. The lowest BCUT2D eigenvalue weighted by atomic mass is 10.1. The topological polar surface area (TPSA) is 178 Å². The highest BCUT2D eigenvalue weighted by Gasteiger charge is 2.42. The van der Waals surface area contributed by atoms with E-state index in [9.17, 15) is 37.1 Å². The first kappa shape index (κ1) is 32.1. The van der Waals surface area contributed by atoms with Gasteiger partial charge in [0.25, 0.3) is 5.91 Å². The van der Waals surface area contributed by atoms with Crippen LogP contribution in [-0.4, -0.2) is 66.8 Å². The van der Waals surface area contributed by atoms with Crippen LogP contribution >= 0.6 is 0 Å². The molecular formula is C23H32F3N5O7. The van der Waals surface area contributed by atoms with Gasteiger partial charge in [-0.05, 0) is 26.3 Å². The lowest BCUT2D eigenvalue weighted by Crippen LogP contribution is -2.58. The van der Waals surface area contributed by atoms with Crippen molar-refractivity contribution in [2.75, 3.05) is 7.11 Å². The maximum atomic E-state index is 13.6. The number of nitrogens with two attached hydrogens (primary N) is 1. The average Bonchev–Trinajstić information content (AvgIpc) is 2.78. The monoisotopic (exact) mass is 547 g/mol. The number of hydrogen-bond acceptors (Lipinski definition) is 8. The number of amides is 4. The third kappa shape index (κ3) is 12.4. The molecule has 0 bridgehead atoms. The minimum Gasteiger partial charge on any atom is -0.467 e. The van der Waals surface area contributed by atoms with E-state index in [1.165, 1.54) is 20.8 Å². The van der Waals surface area contributed by atoms with E-state index in [4.69, 9.17) is 10.5 Å². The van der Waals surface area contributed by atoms with Crippen molar-refractivity contribution in [3.8, 4) is 0 Å². The zero-order chi connectivity index (χ0) is 29.1. The van der Waals surface area contributed by atoms with Gasteiger partial charge in [0.2, 0.25) is 11.8 Å². The molecule has 0 aliphatic rings. The van der Waals surface area contributed by atoms with Crippen molar-refractivity contribution in [2.24, 2.45) is 5.73 Å². The normalized spacial score (nSPS) is 13.9. The van der Waals surface area contributed by atoms with E-state index in [-0.39, 0.29) is 6.42 Å². The van der Waals surface area contributed by atoms with Crippen molar-refractivity contribution in [1.29, 1.82) is 0 Å². The number of rotatable bonds is 12. The maximum Gasteiger partial charge on any atom is 0.408 e. The number of primary amides is 1. The number of nitrogens with one attached hydrogen (secondary N) is 4. The number of ether oxygens (including phenoxy) is 2. The predicted octanol–water partition coefficient (Wildman–Crippen LogP) is 0.597. The second-order valence-corrected chi connectivity index (χ2v) is 9.13. The Morgan fingerprint density at radius 2 is 1.55 bits per heavy atom. The number of esters is 1. The van der Waals surface area contributed by atoms with Gasteiger partial charge in [0.15, 0.2) is 0 Å². The van der Waals surface area contributed by atoms with E-state index in [1.54, 1.807) is 41.2 Å². The molecule has 4 amide bonds. The first-order valence-corrected chi connectivity index (χ1v) is 11.3. The van der Waals surface area contributed by atoms with Crippen LogP contribution in [0.1, 0.15) is 39.2 Å². The number of carbonyl (C=O) groups is 5. The Labute approximate surface area is 217 Å². The predicted molar refractivity (Wildman–Crippen MR) is 127 cm³/mol. The van der Waals surface area contributed by atoms with Crippen LogP contribution in [0.25, 0.3) is 0 Å². The number of alkyl carbamates (subject to hydrolysis) is 1. The number of benzene rings is 1. The van der Waals surface area contributed by atoms with Crippen LogP contribution in [0.4, 0.5) is 18.0 Å². The van der Waals surface area contributed by atoms with Gasteiger partial charge < -0.3 is 25.8 Å². The summed E-state index contributed by atoms with van der Waals surface area (Å²) in [5, 5.41) is 4.25. The minimum absolute atomic E-state index is 0.0365. The number of hydrogen-bond donors (Lipinski definition) is 5. The fourth-order valence-corrected chi connectivity index (χ4v) is 2.98. The number of halogens is 3. The molecule has 15 heteroatoms. The van der Waals surface area contributed by atoms with E-state index in [0.717, 1.165) is 7.11 Å². The average molecular weight is 548 g/mol. The molecule has 0 aromatic heterocycles. The Kier molecular flexibility index (Phi) is 12.0. The van der Waals surface area contributed by atoms with Crippen molar-refractivity contribution in [3.05, 3.63) is 35.9 Å². The Balaban J connectivity index is 2.88. The molecular weight excluding hydrogens is 515 g/mol. The highest BCUT2D eigenvalue weighted by molar-refractivity contribution is 5.90. The van der Waals surface area contributed by atoms with Crippen LogP contribution < -0.4 is 27.2 Å². The highest BCUT2D eigenvalue weighted by Crippen LogP contribution is 2.22. The molecule has 0 aliphatic carbocycles. The van der Waals surface area contributed by atoms with Gasteiger partial charge in [0.1, 0.15) is 23.7 Å². The molecule has 0 aliphatic heterocycles. The van der Waals surface area contributed by atoms with Gasteiger partial charge in [-0.25, -0.2) is 15.0 Å². The Bertz CT molecular complexity index is 984. The molecule has 0 heterocycles. The molecule has 0 saturated carbocycles. The zero-order valence-corrected chi connectivity index (χ0v) is 21.3. The van der Waals surface area contributed by atoms with E-state index in [1.807, 2.05) is 0 Å². The van der Waals surface area contributed by atoms with Crippen LogP contribution in [0.5, 0.6) is 0 Å². The van der Waals surface area contributed by atoms with Gasteiger partial charge in [-0.1, -0.05) is 30.3 Å². The second kappa shape index (κ2) is 14.2. The molecule has 0 saturated heterocycles. The Morgan fingerprint density at radius 3 is 2.05 bits per heavy atom. The molecule has 3 atom stereocenters. The molecule has 212 valence electrons. The van der Waals surface area contributed by atoms with Crippen LogP contribution in [0.2, 0.25) is 0 Å². The van der Waals surface area contributed by atoms with Crippen molar-refractivity contribution < 1.29 is 46.6 Å². The summed E-state index contributed by atoms with van der Waals surface area (Å²) < 4.78 is 50.4. The maximum absolute atomic E-state index is 13.6. The summed E-state index contributed by atoms with van der Waals surface area (Å²) >= 11 is 0. The van der Waals surface area contributed by atoms with Gasteiger partial charge in [-0.3, -0.25) is 19.8 Å². The van der Waals surface area contributed by atoms with Crippen LogP contribution in [0, 0.1) is 0 Å². The molecule has 1 aromatic carbocycles. The SMILES string of the molecule is COC(=O)[C@H](Cc1ccccc1)NC(=O)CC(NNC(=O)[C@H](CC(N)=O)NC(=O)OC(C)(C)C)C(F)(F)F. The number of methoxy groups -OCH3 is 1. The zero-order valence-electron chi connectivity index (χ0n) is 21.3. The highest BCUT2D eigenvalue weighted by atomic mass is 19.4. The van der Waals surface area contributed by atoms with Crippen molar-refractivity contribution in [2.45, 2.75) is 69.9 Å². The lowest BCUT2D eigenvalue weighted by Gasteiger charge is -2.25. The molecule has 38 heavy (non-hydrogen) atoms. The summed E-state index contributed by atoms with van der Waals surface area (Å²) in [5.41, 5.74) is 8.14. The molecule has 6 N–H and O–H groups in total. The molecule has 0 spiro atoms. The molecule has 0 radical (unpaired) electrons. The number of hydrazine groups is 1. The summed E-state index contributed by atoms with van der Waals surface area (Å²) in [6, 6.07) is 2.86. The van der Waals surface area contributed by atoms with E-state index < -0.39 is 72.5 Å². The summed E-state index contributed by atoms with van der Waals surface area (Å²) in [4.78, 5) is 60.2. The summed E-state index contributed by atoms with van der Waals surface area (Å²) in [6.45, 7) is 4.59. The molecule has 1 unspecified atom stereocenters. The standard InChI is InChI=1S/C23H32F3N5O7/c1-22(2,3)38-21(36)29-14(11-17(27)32)19(34)31-30-16(23(24,25)26)12-18(33)28-15(20(35)37-4)10-13-8-6-5-7-9-13/h5-9,14-16,30H,10-12H2,1-4H3,(H2,27,32)(H,28,33)(H,29,36)(H,31,34)/t14-,15-,16?/m0/s1. The summed E-state index contributed by atoms with van der Waals surface area (Å²) in [5.74, 6) is -4.31. The van der Waals surface area contributed by atoms with Crippen LogP contribution in [0.15, 0.2) is 30.3 Å². The van der Waals surface area contributed by atoms with Gasteiger partial charge in [0, 0.05) is 6.42 Å². The van der Waals surface area contributed by atoms with Gasteiger partial charge >= 0.3 is 18.2 Å². The number of carbonyl (C=O) groups excluding carboxylic acids is 5. The summed E-state index contributed by atoms with van der Waals surface area (Å²) in [6.07, 6.45) is -8.15.